The topological polar surface area (TPSA) is 57.0 Å². The minimum atomic E-state index is -0.632. The highest BCUT2D eigenvalue weighted by Gasteiger charge is 2.24. The lowest BCUT2D eigenvalue weighted by Crippen LogP contribution is -2.22. The Balaban J connectivity index is 1.85. The summed E-state index contributed by atoms with van der Waals surface area (Å²) in [6, 6.07) is 17.3. The summed E-state index contributed by atoms with van der Waals surface area (Å²) >= 11 is 0. The van der Waals surface area contributed by atoms with Crippen molar-refractivity contribution in [2.75, 3.05) is 0 Å². The number of hydrogen-bond acceptors (Lipinski definition) is 4. The molecule has 3 aromatic rings. The third kappa shape index (κ3) is 4.94. The first-order chi connectivity index (χ1) is 12.8. The van der Waals surface area contributed by atoms with Crippen molar-refractivity contribution in [3.63, 3.8) is 0 Å². The van der Waals surface area contributed by atoms with Crippen molar-refractivity contribution in [1.82, 2.24) is 15.0 Å². The molecule has 0 aliphatic carbocycles. The molecule has 0 spiro atoms. The van der Waals surface area contributed by atoms with Gasteiger partial charge in [-0.15, -0.1) is 5.10 Å². The van der Waals surface area contributed by atoms with Crippen molar-refractivity contribution in [2.45, 2.75) is 46.8 Å². The fourth-order valence-corrected chi connectivity index (χ4v) is 3.51. The van der Waals surface area contributed by atoms with Crippen molar-refractivity contribution in [1.29, 1.82) is 0 Å². The molecule has 1 heterocycles. The van der Waals surface area contributed by atoms with E-state index in [4.69, 9.17) is 4.74 Å². The van der Waals surface area contributed by atoms with Gasteiger partial charge in [0.15, 0.2) is 0 Å². The molecule has 2 unspecified atom stereocenters. The maximum Gasteiger partial charge on any atom is 0.308 e. The lowest BCUT2D eigenvalue weighted by atomic mass is 9.84. The van der Waals surface area contributed by atoms with E-state index in [0.717, 1.165) is 23.0 Å². The summed E-state index contributed by atoms with van der Waals surface area (Å²) in [6.07, 6.45) is 0.713. The van der Waals surface area contributed by atoms with E-state index in [1.54, 1.807) is 4.68 Å². The summed E-state index contributed by atoms with van der Waals surface area (Å²) in [5.74, 6) is 0.0293. The number of benzene rings is 2. The van der Waals surface area contributed by atoms with Crippen LogP contribution in [0.1, 0.15) is 52.3 Å². The minimum Gasteiger partial charge on any atom is -0.435 e. The van der Waals surface area contributed by atoms with Gasteiger partial charge in [-0.2, -0.15) is 0 Å². The molecule has 3 rings (SSSR count). The van der Waals surface area contributed by atoms with E-state index < -0.39 is 6.23 Å². The molecule has 0 N–H and O–H groups in total. The maximum atomic E-state index is 12.7. The van der Waals surface area contributed by atoms with Crippen LogP contribution in [0.5, 0.6) is 0 Å². The summed E-state index contributed by atoms with van der Waals surface area (Å²) < 4.78 is 7.57. The third-order valence-corrected chi connectivity index (χ3v) is 4.40. The van der Waals surface area contributed by atoms with Crippen LogP contribution in [-0.4, -0.2) is 21.0 Å². The van der Waals surface area contributed by atoms with Crippen LogP contribution in [0.15, 0.2) is 54.6 Å². The number of carbonyl (C=O) groups excluding carboxylic acids is 1. The van der Waals surface area contributed by atoms with Crippen LogP contribution in [0.4, 0.5) is 0 Å². The number of fused-ring (bicyclic) bond motifs is 1. The van der Waals surface area contributed by atoms with Crippen LogP contribution >= 0.6 is 0 Å². The van der Waals surface area contributed by atoms with Crippen molar-refractivity contribution in [3.05, 3.63) is 60.2 Å². The predicted octanol–water partition coefficient (Wildman–Crippen LogP) is 4.98. The van der Waals surface area contributed by atoms with E-state index in [1.807, 2.05) is 54.6 Å². The molecule has 0 radical (unpaired) electrons. The molecule has 2 aromatic carbocycles. The number of para-hydroxylation sites is 1. The highest BCUT2D eigenvalue weighted by molar-refractivity contribution is 5.74. The van der Waals surface area contributed by atoms with Gasteiger partial charge >= 0.3 is 5.97 Å². The van der Waals surface area contributed by atoms with E-state index >= 15 is 0 Å². The summed E-state index contributed by atoms with van der Waals surface area (Å²) in [4.78, 5) is 12.7. The summed E-state index contributed by atoms with van der Waals surface area (Å²) in [5, 5.41) is 8.46. The number of rotatable bonds is 6. The Morgan fingerprint density at radius 1 is 1.07 bits per heavy atom. The highest BCUT2D eigenvalue weighted by atomic mass is 16.6. The van der Waals surface area contributed by atoms with E-state index in [2.05, 4.69) is 38.0 Å². The normalized spacial score (nSPS) is 14.1. The van der Waals surface area contributed by atoms with Gasteiger partial charge in [0.05, 0.1) is 5.52 Å². The van der Waals surface area contributed by atoms with E-state index in [9.17, 15) is 4.79 Å². The maximum absolute atomic E-state index is 12.7. The number of ether oxygens (including phenoxy) is 1. The van der Waals surface area contributed by atoms with E-state index in [-0.39, 0.29) is 17.3 Å². The molecule has 2 atom stereocenters. The molecule has 142 valence electrons. The van der Waals surface area contributed by atoms with Crippen molar-refractivity contribution < 1.29 is 9.53 Å². The monoisotopic (exact) mass is 365 g/mol. The molecular formula is C22H27N3O2. The third-order valence-electron chi connectivity index (χ3n) is 4.40. The number of hydrogen-bond donors (Lipinski definition) is 0. The standard InChI is InChI=1S/C22H27N3O2/c1-16(15-22(2,3)4)14-20(26)27-21(17-10-6-5-7-11-17)25-19-13-9-8-12-18(19)23-24-25/h5-13,16,21H,14-15H2,1-4H3. The Labute approximate surface area is 160 Å². The zero-order chi connectivity index (χ0) is 19.4. The molecule has 0 amide bonds. The zero-order valence-corrected chi connectivity index (χ0v) is 16.4. The Hall–Kier alpha value is -2.69. The molecule has 0 aliphatic rings. The summed E-state index contributed by atoms with van der Waals surface area (Å²) in [5.41, 5.74) is 2.66. The molecule has 5 nitrogen and oxygen atoms in total. The van der Waals surface area contributed by atoms with Crippen molar-refractivity contribution in [2.24, 2.45) is 11.3 Å². The van der Waals surface area contributed by atoms with Gasteiger partial charge < -0.3 is 4.74 Å². The molecule has 1 aromatic heterocycles. The Morgan fingerprint density at radius 2 is 1.74 bits per heavy atom. The fourth-order valence-electron chi connectivity index (χ4n) is 3.51. The van der Waals surface area contributed by atoms with Gasteiger partial charge in [-0.3, -0.25) is 4.79 Å². The van der Waals surface area contributed by atoms with Crippen LogP contribution < -0.4 is 0 Å². The first-order valence-corrected chi connectivity index (χ1v) is 9.38. The van der Waals surface area contributed by atoms with E-state index in [1.165, 1.54) is 0 Å². The minimum absolute atomic E-state index is 0.181. The Kier molecular flexibility index (Phi) is 5.59. The number of carbonyl (C=O) groups is 1. The largest absolute Gasteiger partial charge is 0.435 e. The molecule has 0 aliphatic heterocycles. The SMILES string of the molecule is CC(CC(=O)OC(c1ccccc1)n1nnc2ccccc21)CC(C)(C)C. The van der Waals surface area contributed by atoms with Crippen LogP contribution in [-0.2, 0) is 9.53 Å². The molecule has 5 heteroatoms. The van der Waals surface area contributed by atoms with Crippen molar-refractivity contribution in [3.8, 4) is 0 Å². The van der Waals surface area contributed by atoms with Gasteiger partial charge in [-0.1, -0.05) is 75.4 Å². The molecular weight excluding hydrogens is 338 g/mol. The number of aromatic nitrogens is 3. The zero-order valence-electron chi connectivity index (χ0n) is 16.4. The lowest BCUT2D eigenvalue weighted by Gasteiger charge is -2.24. The van der Waals surface area contributed by atoms with Crippen LogP contribution in [0.3, 0.4) is 0 Å². The first-order valence-electron chi connectivity index (χ1n) is 9.38. The molecule has 0 saturated carbocycles. The quantitative estimate of drug-likeness (QED) is 0.578. The summed E-state index contributed by atoms with van der Waals surface area (Å²) in [7, 11) is 0. The average molecular weight is 365 g/mol. The van der Waals surface area contributed by atoms with Crippen LogP contribution in [0.25, 0.3) is 11.0 Å². The molecule has 0 saturated heterocycles. The fraction of sp³-hybridized carbons (Fsp3) is 0.409. The summed E-state index contributed by atoms with van der Waals surface area (Å²) in [6.45, 7) is 8.64. The predicted molar refractivity (Wildman–Crippen MR) is 106 cm³/mol. The van der Waals surface area contributed by atoms with Gasteiger partial charge in [-0.25, -0.2) is 4.68 Å². The highest BCUT2D eigenvalue weighted by Crippen LogP contribution is 2.28. The number of nitrogens with zero attached hydrogens (tertiary/aromatic N) is 3. The molecule has 0 bridgehead atoms. The van der Waals surface area contributed by atoms with Crippen LogP contribution in [0, 0.1) is 11.3 Å². The average Bonchev–Trinajstić information content (AvgIpc) is 3.02. The van der Waals surface area contributed by atoms with Gasteiger partial charge in [0.2, 0.25) is 6.23 Å². The Bertz CT molecular complexity index is 897. The Morgan fingerprint density at radius 3 is 2.44 bits per heavy atom. The van der Waals surface area contributed by atoms with Crippen molar-refractivity contribution >= 4 is 17.0 Å². The smallest absolute Gasteiger partial charge is 0.308 e. The second-order valence-corrected chi connectivity index (χ2v) is 8.35. The lowest BCUT2D eigenvalue weighted by molar-refractivity contribution is -0.152. The van der Waals surface area contributed by atoms with Gasteiger partial charge in [0.25, 0.3) is 0 Å². The van der Waals surface area contributed by atoms with Crippen LogP contribution in [0.2, 0.25) is 0 Å². The number of esters is 1. The second kappa shape index (κ2) is 7.91. The molecule has 0 fully saturated rings. The van der Waals surface area contributed by atoms with Gasteiger partial charge in [-0.05, 0) is 29.9 Å². The van der Waals surface area contributed by atoms with Gasteiger partial charge in [0, 0.05) is 12.0 Å². The van der Waals surface area contributed by atoms with E-state index in [0.29, 0.717) is 6.42 Å². The molecule has 27 heavy (non-hydrogen) atoms. The first kappa shape index (κ1) is 19.1. The van der Waals surface area contributed by atoms with Gasteiger partial charge in [0.1, 0.15) is 5.52 Å². The second-order valence-electron chi connectivity index (χ2n) is 8.35.